The minimum Gasteiger partial charge on any atom is -0.339 e. The average molecular weight is 307 g/mol. The average Bonchev–Trinajstić information content (AvgIpc) is 2.98. The molecule has 2 aromatic rings. The molecule has 1 aromatic heterocycles. The molecule has 0 aliphatic carbocycles. The Morgan fingerprint density at radius 3 is 2.90 bits per heavy atom. The zero-order valence-electron chi connectivity index (χ0n) is 11.8. The predicted molar refractivity (Wildman–Crippen MR) is 82.2 cm³/mol. The van der Waals surface area contributed by atoms with Crippen molar-refractivity contribution in [1.82, 2.24) is 15.0 Å². The van der Waals surface area contributed by atoms with Crippen LogP contribution in [0.2, 0.25) is 5.02 Å². The van der Waals surface area contributed by atoms with Gasteiger partial charge in [0.25, 0.3) is 0 Å². The van der Waals surface area contributed by atoms with Crippen LogP contribution >= 0.6 is 11.6 Å². The molecule has 0 amide bonds. The summed E-state index contributed by atoms with van der Waals surface area (Å²) in [5.74, 6) is 1.65. The maximum absolute atomic E-state index is 5.89. The van der Waals surface area contributed by atoms with Gasteiger partial charge in [-0.2, -0.15) is 4.98 Å². The van der Waals surface area contributed by atoms with Crippen LogP contribution in [-0.2, 0) is 0 Å². The summed E-state index contributed by atoms with van der Waals surface area (Å²) < 4.78 is 5.46. The van der Waals surface area contributed by atoms with Gasteiger partial charge in [0.05, 0.1) is 5.92 Å². The van der Waals surface area contributed by atoms with E-state index in [1.54, 1.807) is 0 Å². The molecule has 1 aliphatic rings. The van der Waals surface area contributed by atoms with Crippen molar-refractivity contribution in [3.05, 3.63) is 35.2 Å². The lowest BCUT2D eigenvalue weighted by Gasteiger charge is -2.30. The predicted octanol–water partition coefficient (Wildman–Crippen LogP) is 2.53. The van der Waals surface area contributed by atoms with Gasteiger partial charge >= 0.3 is 0 Å². The molecule has 112 valence electrons. The van der Waals surface area contributed by atoms with Gasteiger partial charge < -0.3 is 15.2 Å². The van der Waals surface area contributed by atoms with Gasteiger partial charge in [0.15, 0.2) is 0 Å². The van der Waals surface area contributed by atoms with Crippen molar-refractivity contribution in [3.63, 3.8) is 0 Å². The first-order valence-electron chi connectivity index (χ1n) is 7.28. The summed E-state index contributed by atoms with van der Waals surface area (Å²) in [4.78, 5) is 6.91. The van der Waals surface area contributed by atoms with E-state index >= 15 is 0 Å². The number of likely N-dealkylation sites (tertiary alicyclic amines) is 1. The molecule has 0 spiro atoms. The monoisotopic (exact) mass is 306 g/mol. The first kappa shape index (κ1) is 14.5. The van der Waals surface area contributed by atoms with Gasteiger partial charge in [0.1, 0.15) is 0 Å². The van der Waals surface area contributed by atoms with Gasteiger partial charge in [-0.05, 0) is 43.7 Å². The highest BCUT2D eigenvalue weighted by Crippen LogP contribution is 2.27. The van der Waals surface area contributed by atoms with Crippen LogP contribution in [-0.4, -0.2) is 41.2 Å². The quantitative estimate of drug-likeness (QED) is 0.940. The Kier molecular flexibility index (Phi) is 4.53. The van der Waals surface area contributed by atoms with Crippen LogP contribution in [0.5, 0.6) is 0 Å². The Balaban J connectivity index is 1.73. The van der Waals surface area contributed by atoms with E-state index in [0.717, 1.165) is 43.9 Å². The van der Waals surface area contributed by atoms with E-state index in [4.69, 9.17) is 21.9 Å². The number of nitrogens with two attached hydrogens (primary N) is 1. The Morgan fingerprint density at radius 1 is 1.33 bits per heavy atom. The fourth-order valence-electron chi connectivity index (χ4n) is 2.76. The minimum absolute atomic E-state index is 0.304. The van der Waals surface area contributed by atoms with E-state index in [2.05, 4.69) is 15.0 Å². The number of piperidine rings is 1. The summed E-state index contributed by atoms with van der Waals surface area (Å²) in [6.07, 6.45) is 2.23. The van der Waals surface area contributed by atoms with Crippen LogP contribution in [0.15, 0.2) is 28.8 Å². The SMILES string of the molecule is NCCN1CCCC(c2nc(-c3ccc(Cl)cc3)no2)C1. The molecule has 21 heavy (non-hydrogen) atoms. The van der Waals surface area contributed by atoms with Gasteiger partial charge in [-0.3, -0.25) is 0 Å². The second-order valence-electron chi connectivity index (χ2n) is 5.39. The zero-order chi connectivity index (χ0) is 14.7. The summed E-state index contributed by atoms with van der Waals surface area (Å²) >= 11 is 5.89. The van der Waals surface area contributed by atoms with Gasteiger partial charge in [-0.25, -0.2) is 0 Å². The molecule has 0 saturated carbocycles. The van der Waals surface area contributed by atoms with Gasteiger partial charge in [-0.1, -0.05) is 16.8 Å². The molecular weight excluding hydrogens is 288 g/mol. The highest BCUT2D eigenvalue weighted by atomic mass is 35.5. The molecule has 0 bridgehead atoms. The van der Waals surface area contributed by atoms with Crippen LogP contribution in [0.3, 0.4) is 0 Å². The number of nitrogens with zero attached hydrogens (tertiary/aromatic N) is 3. The van der Waals surface area contributed by atoms with E-state index in [1.165, 1.54) is 0 Å². The molecule has 3 rings (SSSR count). The lowest BCUT2D eigenvalue weighted by molar-refractivity contribution is 0.191. The molecule has 5 nitrogen and oxygen atoms in total. The fourth-order valence-corrected chi connectivity index (χ4v) is 2.89. The number of halogens is 1. The normalized spacial score (nSPS) is 19.8. The van der Waals surface area contributed by atoms with E-state index in [-0.39, 0.29) is 0 Å². The molecule has 1 fully saturated rings. The Hall–Kier alpha value is -1.43. The highest BCUT2D eigenvalue weighted by molar-refractivity contribution is 6.30. The van der Waals surface area contributed by atoms with Crippen LogP contribution in [0.25, 0.3) is 11.4 Å². The van der Waals surface area contributed by atoms with E-state index in [9.17, 15) is 0 Å². The number of aromatic nitrogens is 2. The summed E-state index contributed by atoms with van der Waals surface area (Å²) in [6.45, 7) is 3.66. The lowest BCUT2D eigenvalue weighted by Crippen LogP contribution is -2.37. The number of hydrogen-bond acceptors (Lipinski definition) is 5. The Morgan fingerprint density at radius 2 is 2.14 bits per heavy atom. The van der Waals surface area contributed by atoms with Crippen LogP contribution in [0.4, 0.5) is 0 Å². The van der Waals surface area contributed by atoms with Crippen molar-refractivity contribution in [2.75, 3.05) is 26.2 Å². The summed E-state index contributed by atoms with van der Waals surface area (Å²) in [7, 11) is 0. The highest BCUT2D eigenvalue weighted by Gasteiger charge is 2.25. The third kappa shape index (κ3) is 3.43. The molecule has 1 atom stereocenters. The summed E-state index contributed by atoms with van der Waals surface area (Å²) in [5.41, 5.74) is 6.55. The minimum atomic E-state index is 0.304. The third-order valence-electron chi connectivity index (χ3n) is 3.84. The van der Waals surface area contributed by atoms with E-state index in [1.807, 2.05) is 24.3 Å². The standard InChI is InChI=1S/C15H19ClN4O/c16-13-5-3-11(4-6-13)14-18-15(21-19-14)12-2-1-8-20(10-12)9-7-17/h3-6,12H,1-2,7-10,17H2. The lowest BCUT2D eigenvalue weighted by atomic mass is 9.98. The van der Waals surface area contributed by atoms with Crippen molar-refractivity contribution in [2.45, 2.75) is 18.8 Å². The molecule has 2 N–H and O–H groups in total. The first-order valence-corrected chi connectivity index (χ1v) is 7.66. The van der Waals surface area contributed by atoms with E-state index < -0.39 is 0 Å². The maximum atomic E-state index is 5.89. The van der Waals surface area contributed by atoms with Gasteiger partial charge in [0, 0.05) is 30.2 Å². The van der Waals surface area contributed by atoms with Crippen molar-refractivity contribution in [2.24, 2.45) is 5.73 Å². The fraction of sp³-hybridized carbons (Fsp3) is 0.467. The maximum Gasteiger partial charge on any atom is 0.231 e. The third-order valence-corrected chi connectivity index (χ3v) is 4.10. The summed E-state index contributed by atoms with van der Waals surface area (Å²) in [5, 5.41) is 4.79. The number of rotatable bonds is 4. The second kappa shape index (κ2) is 6.56. The Bertz CT molecular complexity index is 582. The molecule has 1 saturated heterocycles. The topological polar surface area (TPSA) is 68.2 Å². The summed E-state index contributed by atoms with van der Waals surface area (Å²) in [6, 6.07) is 7.46. The molecule has 6 heteroatoms. The molecule has 1 aromatic carbocycles. The van der Waals surface area contributed by atoms with Gasteiger partial charge in [0.2, 0.25) is 11.7 Å². The first-order chi connectivity index (χ1) is 10.3. The largest absolute Gasteiger partial charge is 0.339 e. The molecule has 1 unspecified atom stereocenters. The number of hydrogen-bond donors (Lipinski definition) is 1. The molecule has 1 aliphatic heterocycles. The van der Waals surface area contributed by atoms with Crippen molar-refractivity contribution in [3.8, 4) is 11.4 Å². The van der Waals surface area contributed by atoms with Crippen molar-refractivity contribution in [1.29, 1.82) is 0 Å². The zero-order valence-corrected chi connectivity index (χ0v) is 12.6. The molecule has 0 radical (unpaired) electrons. The molecular formula is C15H19ClN4O. The van der Waals surface area contributed by atoms with Gasteiger partial charge in [-0.15, -0.1) is 0 Å². The smallest absolute Gasteiger partial charge is 0.231 e. The molecule has 2 heterocycles. The van der Waals surface area contributed by atoms with Crippen LogP contribution < -0.4 is 5.73 Å². The van der Waals surface area contributed by atoms with Crippen molar-refractivity contribution < 1.29 is 4.52 Å². The number of benzene rings is 1. The Labute approximate surface area is 129 Å². The van der Waals surface area contributed by atoms with E-state index in [0.29, 0.717) is 23.3 Å². The second-order valence-corrected chi connectivity index (χ2v) is 5.83. The van der Waals surface area contributed by atoms with Crippen molar-refractivity contribution >= 4 is 11.6 Å². The van der Waals surface area contributed by atoms with Crippen LogP contribution in [0.1, 0.15) is 24.7 Å². The van der Waals surface area contributed by atoms with Crippen LogP contribution in [0, 0.1) is 0 Å².